The first-order valence-electron chi connectivity index (χ1n) is 10.9. The van der Waals surface area contributed by atoms with Crippen LogP contribution < -0.4 is 10.6 Å². The molecule has 4 heteroatoms. The molecule has 1 aliphatic heterocycles. The lowest BCUT2D eigenvalue weighted by atomic mass is 9.73. The van der Waals surface area contributed by atoms with Gasteiger partial charge in [0, 0.05) is 16.1 Å². The molecule has 0 fully saturated rings. The van der Waals surface area contributed by atoms with Gasteiger partial charge in [0.05, 0.1) is 12.6 Å². The molecule has 1 aliphatic rings. The van der Waals surface area contributed by atoms with Gasteiger partial charge >= 0.3 is 0 Å². The number of fused-ring (bicyclic) bond motifs is 1. The second-order valence-corrected chi connectivity index (χ2v) is 9.22. The van der Waals surface area contributed by atoms with Crippen molar-refractivity contribution in [2.45, 2.75) is 51.6 Å². The molecule has 4 rings (SSSR count). The molecule has 156 valence electrons. The van der Waals surface area contributed by atoms with Gasteiger partial charge in [-0.3, -0.25) is 4.79 Å². The summed E-state index contributed by atoms with van der Waals surface area (Å²) < 4.78 is 0. The average Bonchev–Trinajstić information content (AvgIpc) is 3.31. The fourth-order valence-corrected chi connectivity index (χ4v) is 5.18. The highest BCUT2D eigenvalue weighted by Crippen LogP contribution is 2.46. The zero-order valence-electron chi connectivity index (χ0n) is 17.7. The number of rotatable bonds is 7. The summed E-state index contributed by atoms with van der Waals surface area (Å²) >= 11 is 1.66. The van der Waals surface area contributed by atoms with Crippen LogP contribution in [0, 0.1) is 5.92 Å². The number of hydrogen-bond acceptors (Lipinski definition) is 3. The van der Waals surface area contributed by atoms with E-state index in [1.165, 1.54) is 35.3 Å². The number of carbonyl (C=O) groups is 1. The van der Waals surface area contributed by atoms with E-state index in [1.54, 1.807) is 11.3 Å². The smallest absolute Gasteiger partial charge is 0.251 e. The molecule has 2 aromatic carbocycles. The van der Waals surface area contributed by atoms with Gasteiger partial charge < -0.3 is 10.6 Å². The lowest BCUT2D eigenvalue weighted by molar-refractivity contribution is 0.0951. The molecular formula is C26H30N2OS. The molecule has 0 spiro atoms. The Hall–Kier alpha value is -2.59. The summed E-state index contributed by atoms with van der Waals surface area (Å²) in [7, 11) is 0. The first-order valence-corrected chi connectivity index (χ1v) is 11.8. The van der Waals surface area contributed by atoms with Gasteiger partial charge in [0.1, 0.15) is 0 Å². The summed E-state index contributed by atoms with van der Waals surface area (Å²) in [5, 5.41) is 8.88. The Balaban J connectivity index is 1.58. The van der Waals surface area contributed by atoms with Crippen LogP contribution in [0.15, 0.2) is 66.0 Å². The average molecular weight is 419 g/mol. The molecule has 0 radical (unpaired) electrons. The van der Waals surface area contributed by atoms with Crippen LogP contribution in [-0.4, -0.2) is 5.91 Å². The summed E-state index contributed by atoms with van der Waals surface area (Å²) in [6, 6.07) is 21.2. The Morgan fingerprint density at radius 1 is 1.10 bits per heavy atom. The van der Waals surface area contributed by atoms with Crippen LogP contribution >= 0.6 is 11.3 Å². The summed E-state index contributed by atoms with van der Waals surface area (Å²) in [6.45, 7) is 5.16. The fourth-order valence-electron chi connectivity index (χ4n) is 4.54. The van der Waals surface area contributed by atoms with Crippen LogP contribution in [0.25, 0.3) is 0 Å². The highest BCUT2D eigenvalue weighted by Gasteiger charge is 2.34. The van der Waals surface area contributed by atoms with Gasteiger partial charge in [-0.05, 0) is 59.0 Å². The van der Waals surface area contributed by atoms with Gasteiger partial charge in [0.2, 0.25) is 0 Å². The molecule has 0 saturated carbocycles. The quantitative estimate of drug-likeness (QED) is 0.445. The van der Waals surface area contributed by atoms with Gasteiger partial charge in [0.15, 0.2) is 0 Å². The van der Waals surface area contributed by atoms with Crippen molar-refractivity contribution in [3.63, 3.8) is 0 Å². The van der Waals surface area contributed by atoms with Gasteiger partial charge in [-0.15, -0.1) is 11.3 Å². The maximum Gasteiger partial charge on any atom is 0.251 e. The molecule has 3 atom stereocenters. The molecule has 2 heterocycles. The molecule has 3 nitrogen and oxygen atoms in total. The van der Waals surface area contributed by atoms with E-state index in [0.29, 0.717) is 24.4 Å². The van der Waals surface area contributed by atoms with Crippen LogP contribution in [0.3, 0.4) is 0 Å². The predicted octanol–water partition coefficient (Wildman–Crippen LogP) is 6.75. The van der Waals surface area contributed by atoms with Gasteiger partial charge in [-0.2, -0.15) is 0 Å². The molecule has 3 aromatic rings. The molecule has 30 heavy (non-hydrogen) atoms. The number of carbonyl (C=O) groups excluding carboxylic acids is 1. The zero-order valence-corrected chi connectivity index (χ0v) is 18.5. The van der Waals surface area contributed by atoms with Crippen LogP contribution in [-0.2, 0) is 6.54 Å². The zero-order chi connectivity index (χ0) is 20.9. The normalized spacial score (nSPS) is 20.3. The number of anilines is 1. The molecule has 1 aromatic heterocycles. The Labute approximate surface area is 183 Å². The summed E-state index contributed by atoms with van der Waals surface area (Å²) in [4.78, 5) is 13.9. The van der Waals surface area contributed by atoms with E-state index in [4.69, 9.17) is 0 Å². The number of hydrogen-bond donors (Lipinski definition) is 2. The SMILES string of the molecule is CCCCC1C(C)c2cc(C(=O)NCc3cccs3)ccc2NC1c1ccccc1. The van der Waals surface area contributed by atoms with Gasteiger partial charge in [-0.1, -0.05) is 63.1 Å². The number of unbranched alkanes of at least 4 members (excludes halogenated alkanes) is 1. The molecule has 0 bridgehead atoms. The van der Waals surface area contributed by atoms with Crippen molar-refractivity contribution < 1.29 is 4.79 Å². The lowest BCUT2D eigenvalue weighted by Gasteiger charge is -2.40. The Bertz CT molecular complexity index is 968. The highest BCUT2D eigenvalue weighted by atomic mass is 32.1. The van der Waals surface area contributed by atoms with Gasteiger partial charge in [-0.25, -0.2) is 0 Å². The van der Waals surface area contributed by atoms with Crippen LogP contribution in [0.1, 0.15) is 71.4 Å². The predicted molar refractivity (Wildman–Crippen MR) is 126 cm³/mol. The fraction of sp³-hybridized carbons (Fsp3) is 0.346. The molecular weight excluding hydrogens is 388 g/mol. The summed E-state index contributed by atoms with van der Waals surface area (Å²) in [5.41, 5.74) is 4.49. The number of benzene rings is 2. The third-order valence-corrected chi connectivity index (χ3v) is 7.12. The number of nitrogens with one attached hydrogen (secondary N) is 2. The summed E-state index contributed by atoms with van der Waals surface area (Å²) in [6.07, 6.45) is 3.59. The van der Waals surface area contributed by atoms with Crippen LogP contribution in [0.4, 0.5) is 5.69 Å². The van der Waals surface area contributed by atoms with E-state index in [-0.39, 0.29) is 5.91 Å². The van der Waals surface area contributed by atoms with Crippen molar-refractivity contribution in [3.8, 4) is 0 Å². The standard InChI is InChI=1S/C26H30N2OS/c1-3-4-12-22-18(2)23-16-20(26(29)27-17-21-11-8-15-30-21)13-14-24(23)28-25(22)19-9-6-5-7-10-19/h5-11,13-16,18,22,25,28H,3-4,12,17H2,1-2H3,(H,27,29). The molecule has 0 aliphatic carbocycles. The van der Waals surface area contributed by atoms with Crippen molar-refractivity contribution in [2.75, 3.05) is 5.32 Å². The largest absolute Gasteiger partial charge is 0.378 e. The van der Waals surface area contributed by atoms with Crippen molar-refractivity contribution in [3.05, 3.63) is 87.6 Å². The van der Waals surface area contributed by atoms with Crippen molar-refractivity contribution >= 4 is 22.9 Å². The number of amides is 1. The van der Waals surface area contributed by atoms with E-state index in [9.17, 15) is 4.79 Å². The minimum Gasteiger partial charge on any atom is -0.378 e. The third kappa shape index (κ3) is 4.44. The number of thiophene rings is 1. The maximum absolute atomic E-state index is 12.7. The topological polar surface area (TPSA) is 41.1 Å². The molecule has 0 saturated heterocycles. The van der Waals surface area contributed by atoms with Gasteiger partial charge in [0.25, 0.3) is 5.91 Å². The maximum atomic E-state index is 12.7. The minimum atomic E-state index is -0.00584. The minimum absolute atomic E-state index is 0.00584. The van der Waals surface area contributed by atoms with Crippen molar-refractivity contribution in [1.82, 2.24) is 5.32 Å². The first-order chi connectivity index (χ1) is 14.7. The van der Waals surface area contributed by atoms with Crippen LogP contribution in [0.2, 0.25) is 0 Å². The van der Waals surface area contributed by atoms with Crippen LogP contribution in [0.5, 0.6) is 0 Å². The Morgan fingerprint density at radius 2 is 1.93 bits per heavy atom. The Kier molecular flexibility index (Phi) is 6.53. The second kappa shape index (κ2) is 9.48. The molecule has 3 unspecified atom stereocenters. The first kappa shape index (κ1) is 20.7. The summed E-state index contributed by atoms with van der Waals surface area (Å²) in [5.74, 6) is 0.890. The second-order valence-electron chi connectivity index (χ2n) is 8.19. The van der Waals surface area contributed by atoms with E-state index >= 15 is 0 Å². The van der Waals surface area contributed by atoms with Crippen molar-refractivity contribution in [1.29, 1.82) is 0 Å². The van der Waals surface area contributed by atoms with E-state index in [1.807, 2.05) is 23.6 Å². The Morgan fingerprint density at radius 3 is 2.67 bits per heavy atom. The monoisotopic (exact) mass is 418 g/mol. The lowest BCUT2D eigenvalue weighted by Crippen LogP contribution is -2.31. The third-order valence-electron chi connectivity index (χ3n) is 6.24. The van der Waals surface area contributed by atoms with Crippen molar-refractivity contribution in [2.24, 2.45) is 5.92 Å². The van der Waals surface area contributed by atoms with E-state index in [0.717, 1.165) is 11.3 Å². The molecule has 2 N–H and O–H groups in total. The highest BCUT2D eigenvalue weighted by molar-refractivity contribution is 7.09. The molecule has 1 amide bonds. The van der Waals surface area contributed by atoms with E-state index in [2.05, 4.69) is 66.9 Å². The van der Waals surface area contributed by atoms with E-state index < -0.39 is 0 Å².